The Bertz CT molecular complexity index is 591. The van der Waals surface area contributed by atoms with Crippen molar-refractivity contribution < 1.29 is 4.79 Å². The fourth-order valence-corrected chi connectivity index (χ4v) is 2.33. The Morgan fingerprint density at radius 3 is 2.27 bits per heavy atom. The molecule has 1 amide bonds. The van der Waals surface area contributed by atoms with Crippen molar-refractivity contribution in [2.75, 3.05) is 17.3 Å². The van der Waals surface area contributed by atoms with Crippen molar-refractivity contribution in [1.29, 1.82) is 0 Å². The van der Waals surface area contributed by atoms with Crippen LogP contribution < -0.4 is 10.2 Å². The summed E-state index contributed by atoms with van der Waals surface area (Å²) in [6.07, 6.45) is 0.551. The topological polar surface area (TPSA) is 32.3 Å². The van der Waals surface area contributed by atoms with Gasteiger partial charge in [-0.05, 0) is 35.7 Å². The van der Waals surface area contributed by atoms with Gasteiger partial charge < -0.3 is 10.2 Å². The molecule has 2 aromatic rings. The van der Waals surface area contributed by atoms with Crippen molar-refractivity contribution in [2.24, 2.45) is 5.92 Å². The lowest BCUT2D eigenvalue weighted by Gasteiger charge is -2.20. The molecule has 0 fully saturated rings. The molecule has 0 atom stereocenters. The first-order chi connectivity index (χ1) is 10.5. The molecule has 0 saturated heterocycles. The minimum absolute atomic E-state index is 0.0698. The molecular weight excluding hydrogens is 272 g/mol. The molecule has 22 heavy (non-hydrogen) atoms. The molecule has 0 spiro atoms. The van der Waals surface area contributed by atoms with Gasteiger partial charge in [0.05, 0.1) is 0 Å². The minimum atomic E-state index is 0.0698. The summed E-state index contributed by atoms with van der Waals surface area (Å²) >= 11 is 0. The first-order valence-electron chi connectivity index (χ1n) is 7.69. The number of hydrogen-bond acceptors (Lipinski definition) is 2. The van der Waals surface area contributed by atoms with Crippen LogP contribution in [0, 0.1) is 5.92 Å². The van der Waals surface area contributed by atoms with E-state index in [9.17, 15) is 4.79 Å². The van der Waals surface area contributed by atoms with Crippen molar-refractivity contribution in [3.63, 3.8) is 0 Å². The predicted octanol–water partition coefficient (Wildman–Crippen LogP) is 4.31. The van der Waals surface area contributed by atoms with Crippen LogP contribution in [-0.4, -0.2) is 13.0 Å². The zero-order valence-electron chi connectivity index (χ0n) is 13.5. The molecule has 0 unspecified atom stereocenters. The fraction of sp³-hybridized carbons (Fsp3) is 0.316. The highest BCUT2D eigenvalue weighted by Gasteiger charge is 2.06. The largest absolute Gasteiger partial charge is 0.370 e. The SMILES string of the molecule is CC(C)CC(=O)Nc1ccc(N(C)Cc2ccccc2)cc1. The Kier molecular flexibility index (Phi) is 5.59. The summed E-state index contributed by atoms with van der Waals surface area (Å²) in [7, 11) is 2.07. The Hall–Kier alpha value is -2.29. The zero-order valence-corrected chi connectivity index (χ0v) is 13.5. The van der Waals surface area contributed by atoms with Crippen LogP contribution >= 0.6 is 0 Å². The van der Waals surface area contributed by atoms with Gasteiger partial charge in [0.15, 0.2) is 0 Å². The van der Waals surface area contributed by atoms with Crippen molar-refractivity contribution in [2.45, 2.75) is 26.8 Å². The van der Waals surface area contributed by atoms with E-state index in [-0.39, 0.29) is 5.91 Å². The van der Waals surface area contributed by atoms with Crippen LogP contribution in [-0.2, 0) is 11.3 Å². The highest BCUT2D eigenvalue weighted by Crippen LogP contribution is 2.19. The van der Waals surface area contributed by atoms with Gasteiger partial charge in [-0.2, -0.15) is 0 Å². The van der Waals surface area contributed by atoms with Crippen LogP contribution in [0.1, 0.15) is 25.8 Å². The van der Waals surface area contributed by atoms with Gasteiger partial charge in [0, 0.05) is 31.4 Å². The van der Waals surface area contributed by atoms with E-state index in [2.05, 4.69) is 41.5 Å². The second-order valence-corrected chi connectivity index (χ2v) is 6.03. The smallest absolute Gasteiger partial charge is 0.224 e. The lowest BCUT2D eigenvalue weighted by molar-refractivity contribution is -0.116. The first-order valence-corrected chi connectivity index (χ1v) is 7.69. The van der Waals surface area contributed by atoms with E-state index in [0.717, 1.165) is 17.9 Å². The summed E-state index contributed by atoms with van der Waals surface area (Å²) < 4.78 is 0. The standard InChI is InChI=1S/C19H24N2O/c1-15(2)13-19(22)20-17-9-11-18(12-10-17)21(3)14-16-7-5-4-6-8-16/h4-12,15H,13-14H2,1-3H3,(H,20,22). The van der Waals surface area contributed by atoms with Crippen molar-refractivity contribution >= 4 is 17.3 Å². The summed E-state index contributed by atoms with van der Waals surface area (Å²) in [6.45, 7) is 4.95. The monoisotopic (exact) mass is 296 g/mol. The molecule has 2 rings (SSSR count). The molecule has 0 aliphatic carbocycles. The number of amides is 1. The molecule has 0 radical (unpaired) electrons. The lowest BCUT2D eigenvalue weighted by atomic mass is 10.1. The Morgan fingerprint density at radius 1 is 1.05 bits per heavy atom. The third-order valence-electron chi connectivity index (χ3n) is 3.45. The summed E-state index contributed by atoms with van der Waals surface area (Å²) in [6, 6.07) is 18.4. The third kappa shape index (κ3) is 4.92. The Morgan fingerprint density at radius 2 is 1.68 bits per heavy atom. The molecule has 0 bridgehead atoms. The van der Waals surface area contributed by atoms with Gasteiger partial charge in [-0.15, -0.1) is 0 Å². The maximum absolute atomic E-state index is 11.8. The second-order valence-electron chi connectivity index (χ2n) is 6.03. The average molecular weight is 296 g/mol. The number of hydrogen-bond donors (Lipinski definition) is 1. The number of nitrogens with one attached hydrogen (secondary N) is 1. The molecule has 0 heterocycles. The molecule has 0 aromatic heterocycles. The predicted molar refractivity (Wildman–Crippen MR) is 93.1 cm³/mol. The number of nitrogens with zero attached hydrogens (tertiary/aromatic N) is 1. The number of carbonyl (C=O) groups is 1. The summed E-state index contributed by atoms with van der Waals surface area (Å²) in [5.41, 5.74) is 3.26. The molecule has 0 saturated carbocycles. The van der Waals surface area contributed by atoms with Gasteiger partial charge in [-0.1, -0.05) is 44.2 Å². The van der Waals surface area contributed by atoms with Crippen LogP contribution in [0.4, 0.5) is 11.4 Å². The third-order valence-corrected chi connectivity index (χ3v) is 3.45. The number of rotatable bonds is 6. The van der Waals surface area contributed by atoms with Crippen LogP contribution in [0.3, 0.4) is 0 Å². The maximum atomic E-state index is 11.8. The number of carbonyl (C=O) groups excluding carboxylic acids is 1. The maximum Gasteiger partial charge on any atom is 0.224 e. The van der Waals surface area contributed by atoms with Gasteiger partial charge in [0.1, 0.15) is 0 Å². The van der Waals surface area contributed by atoms with E-state index in [1.165, 1.54) is 5.56 Å². The zero-order chi connectivity index (χ0) is 15.9. The number of benzene rings is 2. The second kappa shape index (κ2) is 7.64. The molecule has 3 heteroatoms. The normalized spacial score (nSPS) is 10.5. The van der Waals surface area contributed by atoms with Gasteiger partial charge >= 0.3 is 0 Å². The van der Waals surface area contributed by atoms with E-state index in [1.807, 2.05) is 44.2 Å². The summed E-state index contributed by atoms with van der Waals surface area (Å²) in [4.78, 5) is 14.0. The van der Waals surface area contributed by atoms with Gasteiger partial charge in [-0.25, -0.2) is 0 Å². The molecule has 0 aliphatic rings. The van der Waals surface area contributed by atoms with Crippen LogP contribution in [0.25, 0.3) is 0 Å². The quantitative estimate of drug-likeness (QED) is 0.861. The van der Waals surface area contributed by atoms with Gasteiger partial charge in [0.2, 0.25) is 5.91 Å². The van der Waals surface area contributed by atoms with E-state index >= 15 is 0 Å². The summed E-state index contributed by atoms with van der Waals surface area (Å²) in [5.74, 6) is 0.441. The Labute approximate surface area is 133 Å². The molecule has 116 valence electrons. The van der Waals surface area contributed by atoms with Crippen LogP contribution in [0.15, 0.2) is 54.6 Å². The highest BCUT2D eigenvalue weighted by molar-refractivity contribution is 5.90. The lowest BCUT2D eigenvalue weighted by Crippen LogP contribution is -2.16. The minimum Gasteiger partial charge on any atom is -0.370 e. The number of anilines is 2. The van der Waals surface area contributed by atoms with Gasteiger partial charge in [-0.3, -0.25) is 4.79 Å². The van der Waals surface area contributed by atoms with E-state index in [1.54, 1.807) is 0 Å². The van der Waals surface area contributed by atoms with Crippen molar-refractivity contribution in [3.05, 3.63) is 60.2 Å². The molecule has 1 N–H and O–H groups in total. The van der Waals surface area contributed by atoms with Crippen molar-refractivity contribution in [3.8, 4) is 0 Å². The van der Waals surface area contributed by atoms with Crippen molar-refractivity contribution in [1.82, 2.24) is 0 Å². The van der Waals surface area contributed by atoms with E-state index in [0.29, 0.717) is 12.3 Å². The Balaban J connectivity index is 1.95. The summed E-state index contributed by atoms with van der Waals surface area (Å²) in [5, 5.41) is 2.93. The molecular formula is C19H24N2O. The van der Waals surface area contributed by atoms with E-state index in [4.69, 9.17) is 0 Å². The average Bonchev–Trinajstić information content (AvgIpc) is 2.48. The van der Waals surface area contributed by atoms with E-state index < -0.39 is 0 Å². The highest BCUT2D eigenvalue weighted by atomic mass is 16.1. The van der Waals surface area contributed by atoms with Gasteiger partial charge in [0.25, 0.3) is 0 Å². The first kappa shape index (κ1) is 16.1. The fourth-order valence-electron chi connectivity index (χ4n) is 2.33. The van der Waals surface area contributed by atoms with Crippen LogP contribution in [0.5, 0.6) is 0 Å². The molecule has 0 aliphatic heterocycles. The van der Waals surface area contributed by atoms with Crippen LogP contribution in [0.2, 0.25) is 0 Å². The molecule has 2 aromatic carbocycles. The molecule has 3 nitrogen and oxygen atoms in total.